The number of thioether (sulfide) groups is 1. The van der Waals surface area contributed by atoms with Gasteiger partial charge in [0.05, 0.1) is 6.10 Å². The maximum absolute atomic E-state index is 5.91. The van der Waals surface area contributed by atoms with Crippen LogP contribution in [0.5, 0.6) is 0 Å². The van der Waals surface area contributed by atoms with Gasteiger partial charge in [-0.1, -0.05) is 18.2 Å². The summed E-state index contributed by atoms with van der Waals surface area (Å²) in [6.45, 7) is 5.62. The summed E-state index contributed by atoms with van der Waals surface area (Å²) >= 11 is 2.01. The average Bonchev–Trinajstić information content (AvgIpc) is 2.66. The minimum absolute atomic E-state index is 0.315. The maximum atomic E-state index is 5.91. The lowest BCUT2D eigenvalue weighted by Crippen LogP contribution is -2.33. The van der Waals surface area contributed by atoms with E-state index in [4.69, 9.17) is 4.74 Å². The Morgan fingerprint density at radius 3 is 3.00 bits per heavy atom. The molecule has 2 atom stereocenters. The van der Waals surface area contributed by atoms with E-state index in [1.54, 1.807) is 0 Å². The number of hydrogen-bond donors (Lipinski definition) is 0. The first-order chi connectivity index (χ1) is 7.18. The molecule has 2 aliphatic heterocycles. The molecule has 1 nitrogen and oxygen atoms in total. The second-order valence-electron chi connectivity index (χ2n) is 4.93. The SMILES string of the molecule is CC1(C)Sc2ccccc2[C@@H]2OCC[C@H]21. The summed E-state index contributed by atoms with van der Waals surface area (Å²) in [6.07, 6.45) is 1.55. The van der Waals surface area contributed by atoms with Gasteiger partial charge in [-0.05, 0) is 31.9 Å². The molecule has 2 heterocycles. The van der Waals surface area contributed by atoms with Crippen molar-refractivity contribution in [3.05, 3.63) is 29.8 Å². The van der Waals surface area contributed by atoms with Crippen LogP contribution >= 0.6 is 11.8 Å². The molecule has 80 valence electrons. The molecular formula is C13H16OS. The highest BCUT2D eigenvalue weighted by Gasteiger charge is 2.45. The maximum Gasteiger partial charge on any atom is 0.0877 e. The normalized spacial score (nSPS) is 32.1. The lowest BCUT2D eigenvalue weighted by molar-refractivity contribution is 0.0793. The van der Waals surface area contributed by atoms with Gasteiger partial charge in [-0.25, -0.2) is 0 Å². The third-order valence-corrected chi connectivity index (χ3v) is 5.00. The first kappa shape index (κ1) is 9.73. The van der Waals surface area contributed by atoms with E-state index in [2.05, 4.69) is 38.1 Å². The third-order valence-electron chi connectivity index (χ3n) is 3.58. The van der Waals surface area contributed by atoms with Crippen molar-refractivity contribution >= 4 is 11.8 Å². The van der Waals surface area contributed by atoms with E-state index in [9.17, 15) is 0 Å². The van der Waals surface area contributed by atoms with Crippen molar-refractivity contribution in [3.8, 4) is 0 Å². The van der Waals surface area contributed by atoms with Gasteiger partial charge in [0.1, 0.15) is 0 Å². The lowest BCUT2D eigenvalue weighted by Gasteiger charge is -2.39. The summed E-state index contributed by atoms with van der Waals surface area (Å²) in [5.74, 6) is 0.678. The Morgan fingerprint density at radius 1 is 1.33 bits per heavy atom. The van der Waals surface area contributed by atoms with E-state index in [0.717, 1.165) is 6.61 Å². The van der Waals surface area contributed by atoms with E-state index in [1.807, 2.05) is 11.8 Å². The summed E-state index contributed by atoms with van der Waals surface area (Å²) in [6, 6.07) is 8.69. The molecule has 15 heavy (non-hydrogen) atoms. The highest BCUT2D eigenvalue weighted by atomic mass is 32.2. The molecule has 0 aliphatic carbocycles. The summed E-state index contributed by atoms with van der Waals surface area (Å²) in [7, 11) is 0. The summed E-state index contributed by atoms with van der Waals surface area (Å²) < 4.78 is 6.22. The van der Waals surface area contributed by atoms with Gasteiger partial charge in [0, 0.05) is 22.2 Å². The minimum Gasteiger partial charge on any atom is -0.373 e. The Balaban J connectivity index is 2.11. The fraction of sp³-hybridized carbons (Fsp3) is 0.538. The average molecular weight is 220 g/mol. The predicted molar refractivity (Wildman–Crippen MR) is 63.2 cm³/mol. The molecule has 3 rings (SSSR count). The van der Waals surface area contributed by atoms with Gasteiger partial charge in [0.2, 0.25) is 0 Å². The monoisotopic (exact) mass is 220 g/mol. The standard InChI is InChI=1S/C13H16OS/c1-13(2)10-7-8-14-12(10)9-5-3-4-6-11(9)15-13/h3-6,10,12H,7-8H2,1-2H3/t10-,12+/m1/s1. The topological polar surface area (TPSA) is 9.23 Å². The van der Waals surface area contributed by atoms with Crippen LogP contribution in [0.3, 0.4) is 0 Å². The Morgan fingerprint density at radius 2 is 2.13 bits per heavy atom. The molecule has 1 aromatic rings. The van der Waals surface area contributed by atoms with Gasteiger partial charge in [0.25, 0.3) is 0 Å². The van der Waals surface area contributed by atoms with Gasteiger partial charge in [-0.15, -0.1) is 11.8 Å². The molecule has 0 aromatic heterocycles. The molecule has 0 unspecified atom stereocenters. The molecule has 0 N–H and O–H groups in total. The molecule has 2 heteroatoms. The summed E-state index contributed by atoms with van der Waals surface area (Å²) in [5.41, 5.74) is 1.41. The predicted octanol–water partition coefficient (Wildman–Crippen LogP) is 3.65. The summed E-state index contributed by atoms with van der Waals surface area (Å²) in [4.78, 5) is 1.41. The van der Waals surface area contributed by atoms with Gasteiger partial charge in [-0.3, -0.25) is 0 Å². The van der Waals surface area contributed by atoms with Gasteiger partial charge in [0.15, 0.2) is 0 Å². The molecular weight excluding hydrogens is 204 g/mol. The van der Waals surface area contributed by atoms with Crippen LogP contribution in [0, 0.1) is 5.92 Å². The van der Waals surface area contributed by atoms with Crippen LogP contribution in [0.4, 0.5) is 0 Å². The highest BCUT2D eigenvalue weighted by molar-refractivity contribution is 8.00. The van der Waals surface area contributed by atoms with Gasteiger partial charge in [-0.2, -0.15) is 0 Å². The van der Waals surface area contributed by atoms with Crippen molar-refractivity contribution < 1.29 is 4.74 Å². The van der Waals surface area contributed by atoms with Crippen LogP contribution in [-0.4, -0.2) is 11.4 Å². The fourth-order valence-corrected chi connectivity index (χ4v) is 4.18. The van der Waals surface area contributed by atoms with Crippen LogP contribution in [-0.2, 0) is 4.74 Å². The van der Waals surface area contributed by atoms with E-state index in [-0.39, 0.29) is 0 Å². The molecule has 0 spiro atoms. The zero-order valence-corrected chi connectivity index (χ0v) is 10.0. The second kappa shape index (κ2) is 3.26. The number of ether oxygens (including phenoxy) is 1. The van der Waals surface area contributed by atoms with Crippen molar-refractivity contribution in [2.45, 2.75) is 36.0 Å². The number of hydrogen-bond acceptors (Lipinski definition) is 2. The Kier molecular flexibility index (Phi) is 2.12. The van der Waals surface area contributed by atoms with Crippen LogP contribution in [0.25, 0.3) is 0 Å². The van der Waals surface area contributed by atoms with Crippen molar-refractivity contribution in [2.24, 2.45) is 5.92 Å². The van der Waals surface area contributed by atoms with Crippen molar-refractivity contribution in [1.29, 1.82) is 0 Å². The molecule has 0 saturated carbocycles. The first-order valence-electron chi connectivity index (χ1n) is 5.58. The molecule has 1 saturated heterocycles. The molecule has 1 fully saturated rings. The van der Waals surface area contributed by atoms with E-state index in [0.29, 0.717) is 16.8 Å². The van der Waals surface area contributed by atoms with Crippen LogP contribution < -0.4 is 0 Å². The molecule has 1 aromatic carbocycles. The largest absolute Gasteiger partial charge is 0.373 e. The van der Waals surface area contributed by atoms with E-state index in [1.165, 1.54) is 16.9 Å². The lowest BCUT2D eigenvalue weighted by atomic mass is 9.84. The van der Waals surface area contributed by atoms with Crippen LogP contribution in [0.15, 0.2) is 29.2 Å². The minimum atomic E-state index is 0.315. The third kappa shape index (κ3) is 1.42. The van der Waals surface area contributed by atoms with Crippen molar-refractivity contribution in [1.82, 2.24) is 0 Å². The number of rotatable bonds is 0. The van der Waals surface area contributed by atoms with E-state index >= 15 is 0 Å². The number of benzene rings is 1. The molecule has 2 aliphatic rings. The highest BCUT2D eigenvalue weighted by Crippen LogP contribution is 2.55. The first-order valence-corrected chi connectivity index (χ1v) is 6.40. The Hall–Kier alpha value is -0.470. The van der Waals surface area contributed by atoms with Gasteiger partial charge < -0.3 is 4.74 Å². The van der Waals surface area contributed by atoms with Gasteiger partial charge >= 0.3 is 0 Å². The van der Waals surface area contributed by atoms with Crippen LogP contribution in [0.1, 0.15) is 31.9 Å². The van der Waals surface area contributed by atoms with Crippen LogP contribution in [0.2, 0.25) is 0 Å². The molecule has 0 amide bonds. The smallest absolute Gasteiger partial charge is 0.0877 e. The van der Waals surface area contributed by atoms with Crippen molar-refractivity contribution in [2.75, 3.05) is 6.61 Å². The summed E-state index contributed by atoms with van der Waals surface area (Å²) in [5, 5.41) is 0. The van der Waals surface area contributed by atoms with E-state index < -0.39 is 0 Å². The second-order valence-corrected chi connectivity index (χ2v) is 6.63. The zero-order chi connectivity index (χ0) is 10.5. The number of fused-ring (bicyclic) bond motifs is 3. The fourth-order valence-electron chi connectivity index (χ4n) is 2.78. The zero-order valence-electron chi connectivity index (χ0n) is 9.19. The molecule has 0 radical (unpaired) electrons. The van der Waals surface area contributed by atoms with Crippen molar-refractivity contribution in [3.63, 3.8) is 0 Å². The molecule has 0 bridgehead atoms. The Bertz CT molecular complexity index is 386. The Labute approximate surface area is 95.2 Å². The quantitative estimate of drug-likeness (QED) is 0.660.